The zero-order chi connectivity index (χ0) is 16.4. The van der Waals surface area contributed by atoms with Crippen LogP contribution in [0.4, 0.5) is 0 Å². The molecule has 0 bridgehead atoms. The molecule has 1 unspecified atom stereocenters. The zero-order valence-corrected chi connectivity index (χ0v) is 12.5. The van der Waals surface area contributed by atoms with E-state index in [0.717, 1.165) is 16.6 Å². The van der Waals surface area contributed by atoms with Gasteiger partial charge in [0.05, 0.1) is 17.5 Å². The summed E-state index contributed by atoms with van der Waals surface area (Å²) in [5, 5.41) is 8.81. The molecule has 1 atom stereocenters. The van der Waals surface area contributed by atoms with E-state index >= 15 is 0 Å². The Hall–Kier alpha value is -3.02. The molecule has 2 aromatic heterocycles. The largest absolute Gasteiger partial charge is 0.481 e. The highest BCUT2D eigenvalue weighted by molar-refractivity contribution is 6.01. The van der Waals surface area contributed by atoms with E-state index in [1.54, 1.807) is 37.5 Å². The van der Waals surface area contributed by atoms with Crippen LogP contribution in [0.25, 0.3) is 22.4 Å². The number of Topliss-reactive ketones (excluding diaryl/α,β-unsaturated/α-hetero) is 1. The van der Waals surface area contributed by atoms with Gasteiger partial charge in [-0.25, -0.2) is 4.98 Å². The molecule has 1 aromatic carbocycles. The lowest BCUT2D eigenvalue weighted by atomic mass is 9.96. The maximum atomic E-state index is 12.3. The molecule has 0 aliphatic rings. The van der Waals surface area contributed by atoms with Crippen molar-refractivity contribution in [2.75, 3.05) is 0 Å². The van der Waals surface area contributed by atoms with Crippen molar-refractivity contribution in [2.45, 2.75) is 13.3 Å². The Morgan fingerprint density at radius 3 is 2.65 bits per heavy atom. The molecule has 0 amide bonds. The minimum absolute atomic E-state index is 0.178. The Morgan fingerprint density at radius 1 is 1.22 bits per heavy atom. The van der Waals surface area contributed by atoms with E-state index in [-0.39, 0.29) is 12.2 Å². The molecule has 0 spiro atoms. The van der Waals surface area contributed by atoms with Crippen LogP contribution in [0.2, 0.25) is 0 Å². The number of imidazole rings is 1. The van der Waals surface area contributed by atoms with E-state index in [9.17, 15) is 9.59 Å². The van der Waals surface area contributed by atoms with Gasteiger partial charge < -0.3 is 10.1 Å². The minimum atomic E-state index is -0.978. The summed E-state index contributed by atoms with van der Waals surface area (Å²) in [6, 6.07) is 8.85. The van der Waals surface area contributed by atoms with Gasteiger partial charge in [-0.05, 0) is 30.3 Å². The molecule has 0 radical (unpaired) electrons. The first-order valence-corrected chi connectivity index (χ1v) is 7.21. The minimum Gasteiger partial charge on any atom is -0.481 e. The number of aromatic amines is 1. The summed E-state index contributed by atoms with van der Waals surface area (Å²) >= 11 is 0. The van der Waals surface area contributed by atoms with Gasteiger partial charge in [-0.1, -0.05) is 6.92 Å². The van der Waals surface area contributed by atoms with Crippen molar-refractivity contribution >= 4 is 22.8 Å². The molecule has 6 nitrogen and oxygen atoms in total. The Balaban J connectivity index is 1.93. The third-order valence-electron chi connectivity index (χ3n) is 3.65. The van der Waals surface area contributed by atoms with Crippen LogP contribution >= 0.6 is 0 Å². The number of aromatic nitrogens is 3. The summed E-state index contributed by atoms with van der Waals surface area (Å²) < 4.78 is 0. The highest BCUT2D eigenvalue weighted by Gasteiger charge is 2.19. The number of rotatable bonds is 5. The molecule has 0 saturated heterocycles. The SMILES string of the molecule is CC(CC(=O)O)C(=O)c1ccc2nc(-c3ccncc3)[nH]c2c1. The van der Waals surface area contributed by atoms with E-state index in [4.69, 9.17) is 5.11 Å². The first-order chi connectivity index (χ1) is 11.0. The van der Waals surface area contributed by atoms with Gasteiger partial charge in [0.15, 0.2) is 5.78 Å². The van der Waals surface area contributed by atoms with Crippen LogP contribution in [0.5, 0.6) is 0 Å². The second-order valence-electron chi connectivity index (χ2n) is 5.42. The second-order valence-corrected chi connectivity index (χ2v) is 5.42. The van der Waals surface area contributed by atoms with Crippen LogP contribution in [0, 0.1) is 5.92 Å². The molecule has 2 heterocycles. The van der Waals surface area contributed by atoms with E-state index < -0.39 is 11.9 Å². The first-order valence-electron chi connectivity index (χ1n) is 7.21. The topological polar surface area (TPSA) is 95.9 Å². The number of nitrogens with one attached hydrogen (secondary N) is 1. The number of carbonyl (C=O) groups excluding carboxylic acids is 1. The lowest BCUT2D eigenvalue weighted by Crippen LogP contribution is -2.15. The number of nitrogens with zero attached hydrogens (tertiary/aromatic N) is 2. The molecule has 3 aromatic rings. The van der Waals surface area contributed by atoms with Crippen molar-refractivity contribution in [3.8, 4) is 11.4 Å². The summed E-state index contributed by atoms with van der Waals surface area (Å²) in [7, 11) is 0. The van der Waals surface area contributed by atoms with Crippen LogP contribution in [0.3, 0.4) is 0 Å². The number of pyridine rings is 1. The molecule has 0 fully saturated rings. The van der Waals surface area contributed by atoms with Gasteiger partial charge in [-0.15, -0.1) is 0 Å². The first kappa shape index (κ1) is 14.9. The number of hydrogen-bond acceptors (Lipinski definition) is 4. The average Bonchev–Trinajstić information content (AvgIpc) is 2.97. The van der Waals surface area contributed by atoms with Crippen LogP contribution in [0.1, 0.15) is 23.7 Å². The summed E-state index contributed by atoms with van der Waals surface area (Å²) in [5.41, 5.74) is 2.88. The van der Waals surface area contributed by atoms with Gasteiger partial charge in [0.25, 0.3) is 0 Å². The maximum absolute atomic E-state index is 12.3. The van der Waals surface area contributed by atoms with Crippen molar-refractivity contribution in [1.29, 1.82) is 0 Å². The summed E-state index contributed by atoms with van der Waals surface area (Å²) in [4.78, 5) is 34.7. The lowest BCUT2D eigenvalue weighted by molar-refractivity contribution is -0.137. The van der Waals surface area contributed by atoms with Gasteiger partial charge in [0, 0.05) is 29.4 Å². The van der Waals surface area contributed by atoms with Crippen LogP contribution in [-0.4, -0.2) is 31.8 Å². The molecule has 0 aliphatic carbocycles. The fourth-order valence-electron chi connectivity index (χ4n) is 2.45. The molecule has 2 N–H and O–H groups in total. The number of fused-ring (bicyclic) bond motifs is 1. The van der Waals surface area contributed by atoms with Crippen molar-refractivity contribution in [3.63, 3.8) is 0 Å². The van der Waals surface area contributed by atoms with Crippen LogP contribution < -0.4 is 0 Å². The number of hydrogen-bond donors (Lipinski definition) is 2. The van der Waals surface area contributed by atoms with Crippen molar-refractivity contribution in [3.05, 3.63) is 48.3 Å². The Labute approximate surface area is 132 Å². The molecule has 0 saturated carbocycles. The highest BCUT2D eigenvalue weighted by Crippen LogP contribution is 2.22. The quantitative estimate of drug-likeness (QED) is 0.706. The molecule has 6 heteroatoms. The summed E-state index contributed by atoms with van der Waals surface area (Å²) in [5.74, 6) is -1.03. The molecular formula is C17H15N3O3. The predicted molar refractivity (Wildman–Crippen MR) is 85.1 cm³/mol. The van der Waals surface area contributed by atoms with Crippen LogP contribution in [-0.2, 0) is 4.79 Å². The van der Waals surface area contributed by atoms with Crippen molar-refractivity contribution in [2.24, 2.45) is 5.92 Å². The van der Waals surface area contributed by atoms with Crippen molar-refractivity contribution in [1.82, 2.24) is 15.0 Å². The van der Waals surface area contributed by atoms with Crippen LogP contribution in [0.15, 0.2) is 42.7 Å². The van der Waals surface area contributed by atoms with Gasteiger partial charge >= 0.3 is 5.97 Å². The lowest BCUT2D eigenvalue weighted by Gasteiger charge is -2.07. The molecule has 23 heavy (non-hydrogen) atoms. The van der Waals surface area contributed by atoms with Gasteiger partial charge in [0.1, 0.15) is 5.82 Å². The number of H-pyrrole nitrogens is 1. The monoisotopic (exact) mass is 309 g/mol. The smallest absolute Gasteiger partial charge is 0.304 e. The van der Waals surface area contributed by atoms with E-state index in [1.807, 2.05) is 12.1 Å². The maximum Gasteiger partial charge on any atom is 0.304 e. The summed E-state index contributed by atoms with van der Waals surface area (Å²) in [6.07, 6.45) is 3.19. The second kappa shape index (κ2) is 6.00. The number of ketones is 1. The fourth-order valence-corrected chi connectivity index (χ4v) is 2.45. The zero-order valence-electron chi connectivity index (χ0n) is 12.5. The highest BCUT2D eigenvalue weighted by atomic mass is 16.4. The molecule has 116 valence electrons. The number of carbonyl (C=O) groups is 2. The summed E-state index contributed by atoms with van der Waals surface area (Å²) in [6.45, 7) is 1.62. The third-order valence-corrected chi connectivity index (χ3v) is 3.65. The molecular weight excluding hydrogens is 294 g/mol. The van der Waals surface area contributed by atoms with Gasteiger partial charge in [-0.2, -0.15) is 0 Å². The van der Waals surface area contributed by atoms with Gasteiger partial charge in [-0.3, -0.25) is 14.6 Å². The standard InChI is InChI=1S/C17H15N3O3/c1-10(8-15(21)22)16(23)12-2-3-13-14(9-12)20-17(19-13)11-4-6-18-7-5-11/h2-7,9-10H,8H2,1H3,(H,19,20)(H,21,22). The molecule has 3 rings (SSSR count). The average molecular weight is 309 g/mol. The van der Waals surface area contributed by atoms with E-state index in [0.29, 0.717) is 11.4 Å². The Kier molecular flexibility index (Phi) is 3.89. The number of carboxylic acid groups (broad SMARTS) is 1. The predicted octanol–water partition coefficient (Wildman–Crippen LogP) is 2.92. The number of carboxylic acids is 1. The Bertz CT molecular complexity index is 871. The van der Waals surface area contributed by atoms with Crippen molar-refractivity contribution < 1.29 is 14.7 Å². The normalized spacial score (nSPS) is 12.2. The molecule has 0 aliphatic heterocycles. The Morgan fingerprint density at radius 2 is 1.96 bits per heavy atom. The van der Waals surface area contributed by atoms with Gasteiger partial charge in [0.2, 0.25) is 0 Å². The van der Waals surface area contributed by atoms with E-state index in [2.05, 4.69) is 15.0 Å². The van der Waals surface area contributed by atoms with E-state index in [1.165, 1.54) is 0 Å². The fraction of sp³-hybridized carbons (Fsp3) is 0.176. The number of aliphatic carboxylic acids is 1. The number of benzene rings is 1. The third kappa shape index (κ3) is 3.11.